The first-order valence-electron chi connectivity index (χ1n) is 5.83. The molecule has 17 heavy (non-hydrogen) atoms. The number of H-pyrrole nitrogens is 1. The van der Waals surface area contributed by atoms with E-state index in [2.05, 4.69) is 20.5 Å². The van der Waals surface area contributed by atoms with Gasteiger partial charge in [0.25, 0.3) is 5.91 Å². The van der Waals surface area contributed by atoms with Crippen LogP contribution in [-0.2, 0) is 4.74 Å². The topological polar surface area (TPSA) is 79.9 Å². The molecule has 1 atom stereocenters. The Bertz CT molecular complexity index is 407. The van der Waals surface area contributed by atoms with Crippen LogP contribution in [0.5, 0.6) is 0 Å². The average Bonchev–Trinajstić information content (AvgIpc) is 2.86. The fourth-order valence-corrected chi connectivity index (χ4v) is 1.73. The third kappa shape index (κ3) is 2.63. The van der Waals surface area contributed by atoms with E-state index in [1.54, 1.807) is 0 Å². The number of carbonyl (C=O) groups excluding carboxylic acids is 1. The maximum atomic E-state index is 11.9. The molecule has 1 aromatic heterocycles. The van der Waals surface area contributed by atoms with Crippen molar-refractivity contribution in [3.63, 3.8) is 0 Å². The molecule has 0 spiro atoms. The van der Waals surface area contributed by atoms with Gasteiger partial charge in [0, 0.05) is 12.5 Å². The van der Waals surface area contributed by atoms with Crippen LogP contribution in [0.4, 0.5) is 0 Å². The molecule has 1 saturated heterocycles. The second kappa shape index (κ2) is 4.44. The normalized spacial score (nSPS) is 24.2. The smallest absolute Gasteiger partial charge is 0.291 e. The zero-order chi connectivity index (χ0) is 12.5. The van der Waals surface area contributed by atoms with Crippen LogP contribution in [-0.4, -0.2) is 39.8 Å². The Kier molecular flexibility index (Phi) is 3.15. The molecule has 0 radical (unpaired) electrons. The summed E-state index contributed by atoms with van der Waals surface area (Å²) in [5, 5.41) is 9.61. The fraction of sp³-hybridized carbons (Fsp3) is 0.727. The zero-order valence-electron chi connectivity index (χ0n) is 10.4. The molecular formula is C11H18N4O2. The SMILES string of the molecule is CC(C)c1nc(C(=O)NC2(C)CCOC2)n[nH]1. The molecule has 1 fully saturated rings. The molecule has 2 rings (SSSR count). The van der Waals surface area contributed by atoms with Gasteiger partial charge in [-0.3, -0.25) is 9.89 Å². The Labute approximate surface area is 100 Å². The van der Waals surface area contributed by atoms with Crippen molar-refractivity contribution in [1.82, 2.24) is 20.5 Å². The third-order valence-electron chi connectivity index (χ3n) is 2.89. The Morgan fingerprint density at radius 2 is 2.35 bits per heavy atom. The highest BCUT2D eigenvalue weighted by molar-refractivity contribution is 5.90. The van der Waals surface area contributed by atoms with Gasteiger partial charge in [-0.25, -0.2) is 4.98 Å². The number of hydrogen-bond acceptors (Lipinski definition) is 4. The Morgan fingerprint density at radius 1 is 1.59 bits per heavy atom. The highest BCUT2D eigenvalue weighted by Crippen LogP contribution is 2.18. The van der Waals surface area contributed by atoms with Gasteiger partial charge in [0.2, 0.25) is 5.82 Å². The van der Waals surface area contributed by atoms with Crippen molar-refractivity contribution in [2.24, 2.45) is 0 Å². The molecule has 0 aromatic carbocycles. The molecule has 94 valence electrons. The lowest BCUT2D eigenvalue weighted by atomic mass is 10.0. The Hall–Kier alpha value is -1.43. The number of hydrogen-bond donors (Lipinski definition) is 2. The van der Waals surface area contributed by atoms with Gasteiger partial charge in [0.05, 0.1) is 12.1 Å². The molecule has 1 unspecified atom stereocenters. The number of aromatic amines is 1. The predicted octanol–water partition coefficient (Wildman–Crippen LogP) is 0.837. The van der Waals surface area contributed by atoms with Gasteiger partial charge in [-0.15, -0.1) is 5.10 Å². The van der Waals surface area contributed by atoms with Crippen LogP contribution in [0.1, 0.15) is 49.6 Å². The van der Waals surface area contributed by atoms with Crippen LogP contribution in [0.25, 0.3) is 0 Å². The molecule has 0 saturated carbocycles. The predicted molar refractivity (Wildman–Crippen MR) is 61.8 cm³/mol. The van der Waals surface area contributed by atoms with Crippen LogP contribution in [0.2, 0.25) is 0 Å². The van der Waals surface area contributed by atoms with Crippen molar-refractivity contribution in [2.75, 3.05) is 13.2 Å². The summed E-state index contributed by atoms with van der Waals surface area (Å²) in [6.07, 6.45) is 0.820. The number of rotatable bonds is 3. The largest absolute Gasteiger partial charge is 0.379 e. The van der Waals surface area contributed by atoms with E-state index >= 15 is 0 Å². The first-order chi connectivity index (χ1) is 8.00. The van der Waals surface area contributed by atoms with Crippen LogP contribution in [0, 0.1) is 0 Å². The van der Waals surface area contributed by atoms with E-state index in [0.29, 0.717) is 13.2 Å². The highest BCUT2D eigenvalue weighted by atomic mass is 16.5. The van der Waals surface area contributed by atoms with Crippen molar-refractivity contribution in [3.8, 4) is 0 Å². The number of ether oxygens (including phenoxy) is 1. The summed E-state index contributed by atoms with van der Waals surface area (Å²) in [7, 11) is 0. The molecule has 0 bridgehead atoms. The van der Waals surface area contributed by atoms with E-state index in [-0.39, 0.29) is 23.2 Å². The highest BCUT2D eigenvalue weighted by Gasteiger charge is 2.32. The summed E-state index contributed by atoms with van der Waals surface area (Å²) in [5.74, 6) is 0.903. The lowest BCUT2D eigenvalue weighted by Gasteiger charge is -2.22. The van der Waals surface area contributed by atoms with Gasteiger partial charge in [-0.2, -0.15) is 0 Å². The van der Waals surface area contributed by atoms with Gasteiger partial charge in [-0.1, -0.05) is 13.8 Å². The summed E-state index contributed by atoms with van der Waals surface area (Å²) in [6.45, 7) is 7.18. The van der Waals surface area contributed by atoms with E-state index < -0.39 is 0 Å². The van der Waals surface area contributed by atoms with E-state index in [1.807, 2.05) is 20.8 Å². The van der Waals surface area contributed by atoms with Crippen molar-refractivity contribution in [2.45, 2.75) is 38.6 Å². The van der Waals surface area contributed by atoms with E-state index in [4.69, 9.17) is 4.74 Å². The Morgan fingerprint density at radius 3 is 2.88 bits per heavy atom. The van der Waals surface area contributed by atoms with Crippen molar-refractivity contribution < 1.29 is 9.53 Å². The lowest BCUT2D eigenvalue weighted by molar-refractivity contribution is 0.0879. The summed E-state index contributed by atoms with van der Waals surface area (Å²) in [5.41, 5.74) is -0.296. The first kappa shape index (κ1) is 12.0. The summed E-state index contributed by atoms with van der Waals surface area (Å²) < 4.78 is 5.28. The number of nitrogens with one attached hydrogen (secondary N) is 2. The number of amides is 1. The van der Waals surface area contributed by atoms with Crippen LogP contribution < -0.4 is 5.32 Å². The molecule has 2 N–H and O–H groups in total. The maximum absolute atomic E-state index is 11.9. The number of carbonyl (C=O) groups is 1. The number of nitrogens with zero attached hydrogens (tertiary/aromatic N) is 2. The molecule has 6 heteroatoms. The zero-order valence-corrected chi connectivity index (χ0v) is 10.4. The fourth-order valence-electron chi connectivity index (χ4n) is 1.73. The second-order valence-electron chi connectivity index (χ2n) is 5.02. The van der Waals surface area contributed by atoms with Crippen LogP contribution >= 0.6 is 0 Å². The van der Waals surface area contributed by atoms with E-state index in [1.165, 1.54) is 0 Å². The molecule has 2 heterocycles. The number of aromatic nitrogens is 3. The summed E-state index contributed by atoms with van der Waals surface area (Å²) >= 11 is 0. The molecular weight excluding hydrogens is 220 g/mol. The third-order valence-corrected chi connectivity index (χ3v) is 2.89. The van der Waals surface area contributed by atoms with E-state index in [0.717, 1.165) is 12.2 Å². The van der Waals surface area contributed by atoms with Crippen molar-refractivity contribution >= 4 is 5.91 Å². The summed E-state index contributed by atoms with van der Waals surface area (Å²) in [4.78, 5) is 16.1. The molecule has 1 amide bonds. The lowest BCUT2D eigenvalue weighted by Crippen LogP contribution is -2.46. The van der Waals surface area contributed by atoms with E-state index in [9.17, 15) is 4.79 Å². The molecule has 0 aliphatic carbocycles. The average molecular weight is 238 g/mol. The monoisotopic (exact) mass is 238 g/mol. The van der Waals surface area contributed by atoms with Crippen molar-refractivity contribution in [3.05, 3.63) is 11.6 Å². The van der Waals surface area contributed by atoms with Gasteiger partial charge in [0.15, 0.2) is 0 Å². The maximum Gasteiger partial charge on any atom is 0.291 e. The standard InChI is InChI=1S/C11H18N4O2/c1-7(2)8-12-9(15-14-8)10(16)13-11(3)4-5-17-6-11/h7H,4-6H2,1-3H3,(H,13,16)(H,12,14,15). The molecule has 1 aliphatic heterocycles. The molecule has 6 nitrogen and oxygen atoms in total. The minimum Gasteiger partial charge on any atom is -0.379 e. The van der Waals surface area contributed by atoms with Crippen LogP contribution in [0.15, 0.2) is 0 Å². The quantitative estimate of drug-likeness (QED) is 0.817. The second-order valence-corrected chi connectivity index (χ2v) is 5.02. The van der Waals surface area contributed by atoms with Crippen LogP contribution in [0.3, 0.4) is 0 Å². The minimum atomic E-state index is -0.296. The molecule has 1 aromatic rings. The van der Waals surface area contributed by atoms with Gasteiger partial charge in [0.1, 0.15) is 5.82 Å². The molecule has 1 aliphatic rings. The minimum absolute atomic E-state index is 0.196. The summed E-state index contributed by atoms with van der Waals surface area (Å²) in [6, 6.07) is 0. The van der Waals surface area contributed by atoms with Gasteiger partial charge < -0.3 is 10.1 Å². The van der Waals surface area contributed by atoms with Gasteiger partial charge in [-0.05, 0) is 13.3 Å². The first-order valence-corrected chi connectivity index (χ1v) is 5.83. The Balaban J connectivity index is 2.04. The van der Waals surface area contributed by atoms with Crippen molar-refractivity contribution in [1.29, 1.82) is 0 Å². The van der Waals surface area contributed by atoms with Gasteiger partial charge >= 0.3 is 0 Å².